The Morgan fingerprint density at radius 1 is 1.25 bits per heavy atom. The van der Waals surface area contributed by atoms with Gasteiger partial charge in [0.05, 0.1) is 0 Å². The first-order chi connectivity index (χ1) is 11.7. The summed E-state index contributed by atoms with van der Waals surface area (Å²) in [5.74, 6) is -0.647. The van der Waals surface area contributed by atoms with E-state index in [4.69, 9.17) is 9.47 Å². The molecule has 0 bridgehead atoms. The zero-order valence-electron chi connectivity index (χ0n) is 13.6. The largest absolute Gasteiger partial charge is 0.384 e. The number of anilines is 1. The Labute approximate surface area is 140 Å². The van der Waals surface area contributed by atoms with Gasteiger partial charge in [-0.25, -0.2) is 8.78 Å². The van der Waals surface area contributed by atoms with Gasteiger partial charge in [-0.2, -0.15) is 0 Å². The summed E-state index contributed by atoms with van der Waals surface area (Å²) in [5, 5.41) is 3.66. The Morgan fingerprint density at radius 3 is 2.92 bits per heavy atom. The first kappa shape index (κ1) is 17.0. The Kier molecular flexibility index (Phi) is 5.93. The van der Waals surface area contributed by atoms with Gasteiger partial charge in [0.25, 0.3) is 0 Å². The molecule has 1 aromatic carbocycles. The average molecular weight is 336 g/mol. The van der Waals surface area contributed by atoms with Crippen LogP contribution >= 0.6 is 0 Å². The van der Waals surface area contributed by atoms with Crippen molar-refractivity contribution in [1.82, 2.24) is 4.98 Å². The molecule has 0 aliphatic carbocycles. The molecule has 0 radical (unpaired) electrons. The Balaban J connectivity index is 1.46. The van der Waals surface area contributed by atoms with Crippen LogP contribution in [-0.2, 0) is 9.47 Å². The van der Waals surface area contributed by atoms with Gasteiger partial charge in [-0.1, -0.05) is 0 Å². The standard InChI is InChI=1S/C18H22F2N2O2/c19-14-10-15-17(2-6-22-18(15)16(20)11-14)21-5-1-7-24-12-13-3-8-23-9-4-13/h2,6,10-11,13H,1,3-5,7-9,12H2,(H,21,22). The SMILES string of the molecule is Fc1cc(F)c2nccc(NCCCOCC3CCOCC3)c2c1. The van der Waals surface area contributed by atoms with E-state index in [1.807, 2.05) is 0 Å². The maximum atomic E-state index is 13.7. The number of fused-ring (bicyclic) bond motifs is 1. The van der Waals surface area contributed by atoms with E-state index in [1.165, 1.54) is 12.3 Å². The van der Waals surface area contributed by atoms with Crippen LogP contribution in [0, 0.1) is 17.6 Å². The summed E-state index contributed by atoms with van der Waals surface area (Å²) >= 11 is 0. The van der Waals surface area contributed by atoms with Gasteiger partial charge in [0.1, 0.15) is 11.3 Å². The molecule has 1 saturated heterocycles. The van der Waals surface area contributed by atoms with Gasteiger partial charge in [0, 0.05) is 56.3 Å². The summed E-state index contributed by atoms with van der Waals surface area (Å²) in [6.45, 7) is 3.77. The number of benzene rings is 1. The Bertz CT molecular complexity index is 675. The molecule has 3 rings (SSSR count). The molecule has 0 amide bonds. The van der Waals surface area contributed by atoms with Crippen LogP contribution < -0.4 is 5.32 Å². The molecule has 2 aromatic rings. The van der Waals surface area contributed by atoms with Crippen molar-refractivity contribution in [3.8, 4) is 0 Å². The number of hydrogen-bond donors (Lipinski definition) is 1. The molecule has 4 nitrogen and oxygen atoms in total. The third kappa shape index (κ3) is 4.39. The van der Waals surface area contributed by atoms with Crippen LogP contribution in [0.2, 0.25) is 0 Å². The summed E-state index contributed by atoms with van der Waals surface area (Å²) in [6.07, 6.45) is 4.48. The lowest BCUT2D eigenvalue weighted by Gasteiger charge is -2.21. The van der Waals surface area contributed by atoms with Crippen molar-refractivity contribution in [2.24, 2.45) is 5.92 Å². The van der Waals surface area contributed by atoms with Crippen LogP contribution in [0.1, 0.15) is 19.3 Å². The summed E-state index contributed by atoms with van der Waals surface area (Å²) in [4.78, 5) is 3.98. The minimum atomic E-state index is -0.645. The van der Waals surface area contributed by atoms with Gasteiger partial charge < -0.3 is 14.8 Å². The van der Waals surface area contributed by atoms with Crippen LogP contribution in [0.25, 0.3) is 10.9 Å². The van der Waals surface area contributed by atoms with E-state index >= 15 is 0 Å². The van der Waals surface area contributed by atoms with Crippen molar-refractivity contribution in [2.45, 2.75) is 19.3 Å². The first-order valence-corrected chi connectivity index (χ1v) is 8.37. The minimum absolute atomic E-state index is 0.178. The first-order valence-electron chi connectivity index (χ1n) is 8.37. The van der Waals surface area contributed by atoms with Gasteiger partial charge in [-0.05, 0) is 37.3 Å². The van der Waals surface area contributed by atoms with E-state index < -0.39 is 11.6 Å². The van der Waals surface area contributed by atoms with Gasteiger partial charge in [-0.3, -0.25) is 4.98 Å². The molecule has 1 aromatic heterocycles. The highest BCUT2D eigenvalue weighted by Crippen LogP contribution is 2.24. The lowest BCUT2D eigenvalue weighted by atomic mass is 10.0. The second kappa shape index (κ2) is 8.35. The van der Waals surface area contributed by atoms with E-state index in [-0.39, 0.29) is 5.52 Å². The van der Waals surface area contributed by atoms with E-state index in [0.29, 0.717) is 30.1 Å². The van der Waals surface area contributed by atoms with Crippen molar-refractivity contribution in [3.63, 3.8) is 0 Å². The van der Waals surface area contributed by atoms with Gasteiger partial charge in [0.2, 0.25) is 0 Å². The third-order valence-corrected chi connectivity index (χ3v) is 4.24. The lowest BCUT2D eigenvalue weighted by molar-refractivity contribution is 0.0206. The molecule has 130 valence electrons. The molecule has 0 saturated carbocycles. The summed E-state index contributed by atoms with van der Waals surface area (Å²) in [6, 6.07) is 3.88. The van der Waals surface area contributed by atoms with E-state index in [1.54, 1.807) is 6.07 Å². The number of aromatic nitrogens is 1. The predicted octanol–water partition coefficient (Wildman–Crippen LogP) is 3.76. The second-order valence-corrected chi connectivity index (χ2v) is 6.05. The molecule has 0 spiro atoms. The Morgan fingerprint density at radius 2 is 2.08 bits per heavy atom. The molecule has 2 heterocycles. The van der Waals surface area contributed by atoms with Gasteiger partial charge in [0.15, 0.2) is 5.82 Å². The van der Waals surface area contributed by atoms with Crippen molar-refractivity contribution < 1.29 is 18.3 Å². The highest BCUT2D eigenvalue weighted by Gasteiger charge is 2.13. The fourth-order valence-electron chi connectivity index (χ4n) is 2.89. The molecule has 0 unspecified atom stereocenters. The number of ether oxygens (including phenoxy) is 2. The topological polar surface area (TPSA) is 43.4 Å². The fourth-order valence-corrected chi connectivity index (χ4v) is 2.89. The molecular formula is C18H22F2N2O2. The monoisotopic (exact) mass is 336 g/mol. The average Bonchev–Trinajstić information content (AvgIpc) is 2.59. The fraction of sp³-hybridized carbons (Fsp3) is 0.500. The van der Waals surface area contributed by atoms with E-state index in [2.05, 4.69) is 10.3 Å². The number of nitrogens with zero attached hydrogens (tertiary/aromatic N) is 1. The summed E-state index contributed by atoms with van der Waals surface area (Å²) < 4.78 is 38.2. The van der Waals surface area contributed by atoms with E-state index in [0.717, 1.165) is 45.1 Å². The second-order valence-electron chi connectivity index (χ2n) is 6.05. The molecule has 1 aliphatic heterocycles. The molecule has 1 N–H and O–H groups in total. The number of hydrogen-bond acceptors (Lipinski definition) is 4. The maximum absolute atomic E-state index is 13.7. The highest BCUT2D eigenvalue weighted by molar-refractivity contribution is 5.91. The zero-order chi connectivity index (χ0) is 16.8. The Hall–Kier alpha value is -1.79. The number of nitrogens with one attached hydrogen (secondary N) is 1. The van der Waals surface area contributed by atoms with Crippen molar-refractivity contribution in [1.29, 1.82) is 0 Å². The summed E-state index contributed by atoms with van der Waals surface area (Å²) in [7, 11) is 0. The van der Waals surface area contributed by atoms with E-state index in [9.17, 15) is 8.78 Å². The molecular weight excluding hydrogens is 314 g/mol. The van der Waals surface area contributed by atoms with Crippen LogP contribution in [0.4, 0.5) is 14.5 Å². The van der Waals surface area contributed by atoms with Gasteiger partial charge >= 0.3 is 0 Å². The summed E-state index contributed by atoms with van der Waals surface area (Å²) in [5.41, 5.74) is 0.861. The van der Waals surface area contributed by atoms with Crippen LogP contribution in [0.15, 0.2) is 24.4 Å². The molecule has 24 heavy (non-hydrogen) atoms. The smallest absolute Gasteiger partial charge is 0.152 e. The minimum Gasteiger partial charge on any atom is -0.384 e. The van der Waals surface area contributed by atoms with Crippen LogP contribution in [0.5, 0.6) is 0 Å². The van der Waals surface area contributed by atoms with Crippen molar-refractivity contribution in [3.05, 3.63) is 36.0 Å². The van der Waals surface area contributed by atoms with Crippen molar-refractivity contribution in [2.75, 3.05) is 38.3 Å². The van der Waals surface area contributed by atoms with Crippen LogP contribution in [0.3, 0.4) is 0 Å². The predicted molar refractivity (Wildman–Crippen MR) is 89.1 cm³/mol. The number of pyridine rings is 1. The number of halogens is 2. The molecule has 0 atom stereocenters. The third-order valence-electron chi connectivity index (χ3n) is 4.24. The molecule has 1 fully saturated rings. The van der Waals surface area contributed by atoms with Gasteiger partial charge in [-0.15, -0.1) is 0 Å². The lowest BCUT2D eigenvalue weighted by Crippen LogP contribution is -2.20. The molecule has 6 heteroatoms. The molecule has 1 aliphatic rings. The normalized spacial score (nSPS) is 15.8. The van der Waals surface area contributed by atoms with Crippen molar-refractivity contribution >= 4 is 16.6 Å². The zero-order valence-corrected chi connectivity index (χ0v) is 13.6. The number of rotatable bonds is 7. The maximum Gasteiger partial charge on any atom is 0.152 e. The quantitative estimate of drug-likeness (QED) is 0.782. The van der Waals surface area contributed by atoms with Crippen LogP contribution in [-0.4, -0.2) is 38.0 Å². The highest BCUT2D eigenvalue weighted by atomic mass is 19.1.